The van der Waals surface area contributed by atoms with Gasteiger partial charge in [0.2, 0.25) is 0 Å². The van der Waals surface area contributed by atoms with E-state index in [0.717, 1.165) is 30.6 Å². The molecule has 3 rings (SSSR count). The number of benzene rings is 1. The predicted octanol–water partition coefficient (Wildman–Crippen LogP) is 3.56. The zero-order valence-electron chi connectivity index (χ0n) is 11.4. The average Bonchev–Trinajstić information content (AvgIpc) is 2.42. The van der Waals surface area contributed by atoms with Gasteiger partial charge in [-0.25, -0.2) is 4.39 Å². The van der Waals surface area contributed by atoms with Crippen molar-refractivity contribution < 1.29 is 4.39 Å². The Kier molecular flexibility index (Phi) is 3.74. The molecule has 1 saturated carbocycles. The molecule has 0 amide bonds. The van der Waals surface area contributed by atoms with E-state index >= 15 is 0 Å². The molecule has 0 radical (unpaired) electrons. The molecule has 3 heteroatoms. The molecule has 2 aliphatic rings. The molecule has 0 spiro atoms. The van der Waals surface area contributed by atoms with Gasteiger partial charge in [-0.05, 0) is 55.8 Å². The summed E-state index contributed by atoms with van der Waals surface area (Å²) in [5, 5.41) is 0. The molecule has 1 aromatic carbocycles. The van der Waals surface area contributed by atoms with Crippen molar-refractivity contribution in [3.8, 4) is 0 Å². The first-order valence-corrected chi connectivity index (χ1v) is 7.52. The van der Waals surface area contributed by atoms with E-state index < -0.39 is 0 Å². The summed E-state index contributed by atoms with van der Waals surface area (Å²) >= 11 is 0. The molecule has 2 nitrogen and oxygen atoms in total. The fraction of sp³-hybridized carbons (Fsp3) is 0.625. The Balaban J connectivity index is 1.74. The van der Waals surface area contributed by atoms with Gasteiger partial charge in [0.15, 0.2) is 0 Å². The van der Waals surface area contributed by atoms with Crippen LogP contribution < -0.4 is 5.73 Å². The Bertz CT molecular complexity index is 444. The first kappa shape index (κ1) is 12.9. The van der Waals surface area contributed by atoms with Crippen LogP contribution in [0.15, 0.2) is 18.2 Å². The lowest BCUT2D eigenvalue weighted by atomic mass is 9.78. The highest BCUT2D eigenvalue weighted by molar-refractivity contribution is 5.46. The Hall–Kier alpha value is -1.09. The van der Waals surface area contributed by atoms with E-state index in [9.17, 15) is 4.39 Å². The minimum Gasteiger partial charge on any atom is -0.398 e. The number of nitrogens with two attached hydrogens (primary N) is 1. The molecule has 0 bridgehead atoms. The van der Waals surface area contributed by atoms with Gasteiger partial charge in [0, 0.05) is 18.3 Å². The molecule has 19 heavy (non-hydrogen) atoms. The minimum absolute atomic E-state index is 0.240. The number of halogens is 1. The topological polar surface area (TPSA) is 29.3 Å². The smallest absolute Gasteiger partial charge is 0.125 e. The highest BCUT2D eigenvalue weighted by Crippen LogP contribution is 2.36. The monoisotopic (exact) mass is 262 g/mol. The van der Waals surface area contributed by atoms with Crippen LogP contribution in [0.2, 0.25) is 0 Å². The van der Waals surface area contributed by atoms with Crippen molar-refractivity contribution in [1.29, 1.82) is 0 Å². The number of hydrogen-bond donors (Lipinski definition) is 1. The van der Waals surface area contributed by atoms with Crippen molar-refractivity contribution in [2.45, 2.75) is 51.1 Å². The Labute approximate surface area is 114 Å². The first-order valence-electron chi connectivity index (χ1n) is 7.52. The third kappa shape index (κ3) is 2.76. The lowest BCUT2D eigenvalue weighted by Crippen LogP contribution is -2.46. The number of anilines is 1. The molecule has 1 aliphatic carbocycles. The van der Waals surface area contributed by atoms with Crippen LogP contribution in [0.3, 0.4) is 0 Å². The summed E-state index contributed by atoms with van der Waals surface area (Å²) in [6.45, 7) is 2.05. The van der Waals surface area contributed by atoms with Crippen LogP contribution >= 0.6 is 0 Å². The lowest BCUT2D eigenvalue weighted by Gasteiger charge is -2.44. The van der Waals surface area contributed by atoms with Crippen molar-refractivity contribution in [2.75, 3.05) is 12.3 Å². The summed E-state index contributed by atoms with van der Waals surface area (Å²) in [4.78, 5) is 2.58. The van der Waals surface area contributed by atoms with Gasteiger partial charge in [-0.2, -0.15) is 0 Å². The molecular formula is C16H23FN2. The summed E-state index contributed by atoms with van der Waals surface area (Å²) < 4.78 is 13.1. The predicted molar refractivity (Wildman–Crippen MR) is 76.2 cm³/mol. The van der Waals surface area contributed by atoms with E-state index in [1.54, 1.807) is 0 Å². The van der Waals surface area contributed by atoms with E-state index in [-0.39, 0.29) is 5.82 Å². The number of rotatable bonds is 2. The van der Waals surface area contributed by atoms with Crippen molar-refractivity contribution in [2.24, 2.45) is 5.92 Å². The number of hydrogen-bond acceptors (Lipinski definition) is 2. The summed E-state index contributed by atoms with van der Waals surface area (Å²) in [6.07, 6.45) is 8.15. The summed E-state index contributed by atoms with van der Waals surface area (Å²) in [7, 11) is 0. The van der Waals surface area contributed by atoms with Crippen molar-refractivity contribution >= 4 is 5.69 Å². The molecule has 1 aromatic rings. The van der Waals surface area contributed by atoms with Crippen molar-refractivity contribution in [3.05, 3.63) is 29.6 Å². The van der Waals surface area contributed by atoms with Crippen LogP contribution in [0.1, 0.15) is 44.1 Å². The summed E-state index contributed by atoms with van der Waals surface area (Å²) in [5.41, 5.74) is 7.61. The van der Waals surface area contributed by atoms with Gasteiger partial charge < -0.3 is 5.73 Å². The minimum atomic E-state index is -0.240. The van der Waals surface area contributed by atoms with Crippen LogP contribution in [0.25, 0.3) is 0 Å². The number of nitrogens with zero attached hydrogens (tertiary/aromatic N) is 1. The van der Waals surface area contributed by atoms with Gasteiger partial charge in [-0.3, -0.25) is 4.90 Å². The van der Waals surface area contributed by atoms with E-state index in [1.807, 2.05) is 6.07 Å². The van der Waals surface area contributed by atoms with E-state index in [0.29, 0.717) is 5.69 Å². The van der Waals surface area contributed by atoms with Gasteiger partial charge in [0.25, 0.3) is 0 Å². The highest BCUT2D eigenvalue weighted by Gasteiger charge is 2.33. The van der Waals surface area contributed by atoms with Crippen LogP contribution in [-0.2, 0) is 6.54 Å². The molecule has 1 heterocycles. The molecule has 104 valence electrons. The zero-order valence-corrected chi connectivity index (χ0v) is 11.4. The maximum Gasteiger partial charge on any atom is 0.125 e. The number of piperidine rings is 1. The molecule has 0 aromatic heterocycles. The Morgan fingerprint density at radius 2 is 1.95 bits per heavy atom. The quantitative estimate of drug-likeness (QED) is 0.826. The van der Waals surface area contributed by atoms with Crippen LogP contribution in [-0.4, -0.2) is 17.5 Å². The second-order valence-corrected chi connectivity index (χ2v) is 6.07. The molecule has 2 unspecified atom stereocenters. The fourth-order valence-corrected chi connectivity index (χ4v) is 3.85. The van der Waals surface area contributed by atoms with E-state index in [2.05, 4.69) is 4.90 Å². The third-order valence-corrected chi connectivity index (χ3v) is 4.84. The third-order valence-electron chi connectivity index (χ3n) is 4.84. The fourth-order valence-electron chi connectivity index (χ4n) is 3.85. The Morgan fingerprint density at radius 1 is 1.16 bits per heavy atom. The van der Waals surface area contributed by atoms with E-state index in [4.69, 9.17) is 5.73 Å². The van der Waals surface area contributed by atoms with Gasteiger partial charge in [-0.1, -0.05) is 18.9 Å². The number of nitrogen functional groups attached to an aromatic ring is 1. The molecule has 2 atom stereocenters. The molecular weight excluding hydrogens is 239 g/mol. The van der Waals surface area contributed by atoms with Crippen molar-refractivity contribution in [1.82, 2.24) is 4.90 Å². The van der Waals surface area contributed by atoms with Crippen LogP contribution in [0.5, 0.6) is 0 Å². The normalized spacial score (nSPS) is 28.1. The van der Waals surface area contributed by atoms with Crippen LogP contribution in [0.4, 0.5) is 10.1 Å². The maximum absolute atomic E-state index is 13.1. The van der Waals surface area contributed by atoms with Crippen LogP contribution in [0, 0.1) is 11.7 Å². The molecule has 2 N–H and O–H groups in total. The molecule has 1 aliphatic heterocycles. The number of fused-ring (bicyclic) bond motifs is 1. The second-order valence-electron chi connectivity index (χ2n) is 6.07. The van der Waals surface area contributed by atoms with Gasteiger partial charge >= 0.3 is 0 Å². The largest absolute Gasteiger partial charge is 0.398 e. The molecule has 2 fully saturated rings. The molecule has 1 saturated heterocycles. The lowest BCUT2D eigenvalue weighted by molar-refractivity contribution is 0.0548. The summed E-state index contributed by atoms with van der Waals surface area (Å²) in [5.74, 6) is 0.639. The average molecular weight is 262 g/mol. The highest BCUT2D eigenvalue weighted by atomic mass is 19.1. The Morgan fingerprint density at radius 3 is 2.79 bits per heavy atom. The van der Waals surface area contributed by atoms with E-state index in [1.165, 1.54) is 50.7 Å². The maximum atomic E-state index is 13.1. The van der Waals surface area contributed by atoms with Gasteiger partial charge in [-0.15, -0.1) is 0 Å². The number of likely N-dealkylation sites (tertiary alicyclic amines) is 1. The van der Waals surface area contributed by atoms with Gasteiger partial charge in [0.05, 0.1) is 0 Å². The second kappa shape index (κ2) is 5.49. The zero-order chi connectivity index (χ0) is 13.2. The summed E-state index contributed by atoms with van der Waals surface area (Å²) in [6, 6.07) is 5.54. The first-order chi connectivity index (χ1) is 9.24. The SMILES string of the molecule is Nc1cc(F)ccc1CN1CCCC2CCCCC21. The standard InChI is InChI=1S/C16H23FN2/c17-14-8-7-13(15(18)10-14)11-19-9-3-5-12-4-1-2-6-16(12)19/h7-8,10,12,16H,1-6,9,11,18H2. The van der Waals surface area contributed by atoms with Gasteiger partial charge in [0.1, 0.15) is 5.82 Å². The van der Waals surface area contributed by atoms with Crippen molar-refractivity contribution in [3.63, 3.8) is 0 Å².